The fraction of sp³-hybridized carbons (Fsp3) is 0. The van der Waals surface area contributed by atoms with E-state index in [2.05, 4.69) is 9.97 Å². The van der Waals surface area contributed by atoms with Crippen molar-refractivity contribution in [3.05, 3.63) is 30.3 Å². The van der Waals surface area contributed by atoms with E-state index in [0.717, 1.165) is 5.52 Å². The number of carboxylic acids is 1. The smallest absolute Gasteiger partial charge is 0.339 e. The molecule has 0 amide bonds. The number of nitrogens with zero attached hydrogens (tertiary/aromatic N) is 1. The van der Waals surface area contributed by atoms with E-state index in [4.69, 9.17) is 9.52 Å². The highest BCUT2D eigenvalue weighted by Gasteiger charge is 2.15. The van der Waals surface area contributed by atoms with E-state index in [9.17, 15) is 4.79 Å². The van der Waals surface area contributed by atoms with E-state index >= 15 is 0 Å². The quantitative estimate of drug-likeness (QED) is 0.632. The summed E-state index contributed by atoms with van der Waals surface area (Å²) in [6, 6.07) is 3.24. The van der Waals surface area contributed by atoms with Crippen LogP contribution >= 0.6 is 0 Å². The van der Waals surface area contributed by atoms with Crippen molar-refractivity contribution >= 4 is 28.0 Å². The van der Waals surface area contributed by atoms with E-state index in [0.29, 0.717) is 16.5 Å². The van der Waals surface area contributed by atoms with Crippen molar-refractivity contribution in [2.75, 3.05) is 0 Å². The molecule has 5 nitrogen and oxygen atoms in total. The molecule has 3 rings (SSSR count). The number of aromatic nitrogens is 2. The van der Waals surface area contributed by atoms with Crippen molar-refractivity contribution in [2.45, 2.75) is 0 Å². The lowest BCUT2D eigenvalue weighted by atomic mass is 10.1. The van der Waals surface area contributed by atoms with Crippen LogP contribution in [-0.2, 0) is 0 Å². The summed E-state index contributed by atoms with van der Waals surface area (Å²) >= 11 is 0. The molecule has 3 aromatic rings. The molecule has 0 unspecified atom stereocenters. The second-order valence-electron chi connectivity index (χ2n) is 3.19. The monoisotopic (exact) mass is 202 g/mol. The number of hydrogen-bond acceptors (Lipinski definition) is 3. The number of aromatic carboxylic acids is 1. The Morgan fingerprint density at radius 1 is 1.53 bits per heavy atom. The summed E-state index contributed by atoms with van der Waals surface area (Å²) < 4.78 is 5.15. The van der Waals surface area contributed by atoms with Crippen molar-refractivity contribution < 1.29 is 14.3 Å². The number of furan rings is 1. The van der Waals surface area contributed by atoms with Gasteiger partial charge in [0.25, 0.3) is 0 Å². The maximum Gasteiger partial charge on any atom is 0.339 e. The summed E-state index contributed by atoms with van der Waals surface area (Å²) in [6.07, 6.45) is 2.99. The molecular weight excluding hydrogens is 196 g/mol. The van der Waals surface area contributed by atoms with Crippen LogP contribution < -0.4 is 0 Å². The van der Waals surface area contributed by atoms with Gasteiger partial charge in [-0.15, -0.1) is 0 Å². The molecule has 0 saturated heterocycles. The first-order chi connectivity index (χ1) is 7.27. The molecule has 0 spiro atoms. The van der Waals surface area contributed by atoms with Gasteiger partial charge in [0.2, 0.25) is 0 Å². The van der Waals surface area contributed by atoms with Crippen LogP contribution in [0, 0.1) is 0 Å². The van der Waals surface area contributed by atoms with E-state index in [1.807, 2.05) is 0 Å². The number of carboxylic acid groups (broad SMARTS) is 1. The Morgan fingerprint density at radius 3 is 3.20 bits per heavy atom. The predicted octanol–water partition coefficient (Wildman–Crippen LogP) is 2.01. The van der Waals surface area contributed by atoms with Crippen LogP contribution in [0.25, 0.3) is 22.0 Å². The molecule has 0 atom stereocenters. The zero-order chi connectivity index (χ0) is 10.4. The number of nitrogens with one attached hydrogen (secondary N) is 1. The molecule has 2 aromatic heterocycles. The number of hydrogen-bond donors (Lipinski definition) is 2. The van der Waals surface area contributed by atoms with Crippen molar-refractivity contribution in [3.63, 3.8) is 0 Å². The Hall–Kier alpha value is -2.30. The normalized spacial score (nSPS) is 11.2. The lowest BCUT2D eigenvalue weighted by Crippen LogP contribution is -1.96. The lowest BCUT2D eigenvalue weighted by molar-refractivity contribution is 0.0698. The molecule has 1 aromatic carbocycles. The summed E-state index contributed by atoms with van der Waals surface area (Å²) in [7, 11) is 0. The molecule has 0 saturated carbocycles. The summed E-state index contributed by atoms with van der Waals surface area (Å²) in [4.78, 5) is 18.0. The number of imidazole rings is 1. The first-order valence-corrected chi connectivity index (χ1v) is 4.34. The maximum absolute atomic E-state index is 11.0. The second kappa shape index (κ2) is 2.60. The molecule has 0 aliphatic heterocycles. The minimum atomic E-state index is -1.01. The minimum absolute atomic E-state index is 0.145. The van der Waals surface area contributed by atoms with Crippen LogP contribution in [0.1, 0.15) is 10.4 Å². The molecule has 0 aliphatic carbocycles. The SMILES string of the molecule is O=C(O)c1cc2[nH]cnc2c2ccoc12. The molecule has 2 N–H and O–H groups in total. The number of aromatic amines is 1. The first kappa shape index (κ1) is 8.05. The number of benzene rings is 1. The molecule has 0 radical (unpaired) electrons. The number of fused-ring (bicyclic) bond motifs is 3. The average Bonchev–Trinajstić information content (AvgIpc) is 2.83. The van der Waals surface area contributed by atoms with Crippen molar-refractivity contribution in [2.24, 2.45) is 0 Å². The van der Waals surface area contributed by atoms with Gasteiger partial charge in [-0.25, -0.2) is 9.78 Å². The lowest BCUT2D eigenvalue weighted by Gasteiger charge is -1.96. The number of rotatable bonds is 1. The Labute approximate surface area is 83.3 Å². The molecular formula is C10H6N2O3. The highest BCUT2D eigenvalue weighted by atomic mass is 16.4. The van der Waals surface area contributed by atoms with E-state index in [1.165, 1.54) is 18.7 Å². The average molecular weight is 202 g/mol. The second-order valence-corrected chi connectivity index (χ2v) is 3.19. The summed E-state index contributed by atoms with van der Waals surface area (Å²) in [5.41, 5.74) is 1.93. The molecule has 0 fully saturated rings. The topological polar surface area (TPSA) is 79.1 Å². The van der Waals surface area contributed by atoms with Gasteiger partial charge in [-0.1, -0.05) is 0 Å². The van der Waals surface area contributed by atoms with Crippen LogP contribution in [0.4, 0.5) is 0 Å². The third kappa shape index (κ3) is 0.969. The molecule has 0 bridgehead atoms. The third-order valence-electron chi connectivity index (χ3n) is 2.35. The van der Waals surface area contributed by atoms with Crippen LogP contribution in [0.5, 0.6) is 0 Å². The highest BCUT2D eigenvalue weighted by Crippen LogP contribution is 2.27. The van der Waals surface area contributed by atoms with Crippen LogP contribution in [0.3, 0.4) is 0 Å². The van der Waals surface area contributed by atoms with Gasteiger partial charge in [0.1, 0.15) is 5.56 Å². The van der Waals surface area contributed by atoms with E-state index in [1.54, 1.807) is 6.07 Å². The molecule has 5 heteroatoms. The van der Waals surface area contributed by atoms with Gasteiger partial charge in [-0.2, -0.15) is 0 Å². The maximum atomic E-state index is 11.0. The molecule has 74 valence electrons. The summed E-state index contributed by atoms with van der Waals surface area (Å²) in [5, 5.41) is 9.72. The summed E-state index contributed by atoms with van der Waals surface area (Å²) in [6.45, 7) is 0. The van der Waals surface area contributed by atoms with E-state index in [-0.39, 0.29) is 5.56 Å². The Kier molecular flexibility index (Phi) is 1.39. The van der Waals surface area contributed by atoms with Crippen molar-refractivity contribution in [1.82, 2.24) is 9.97 Å². The standard InChI is InChI=1S/C10H6N2O3/c13-10(14)6-3-7-8(12-4-11-7)5-1-2-15-9(5)6/h1-4H,(H,11,12)(H,13,14). The Balaban J connectivity index is 2.59. The molecule has 0 aliphatic rings. The Bertz CT molecular complexity index is 665. The van der Waals surface area contributed by atoms with Crippen LogP contribution in [-0.4, -0.2) is 21.0 Å². The van der Waals surface area contributed by atoms with Gasteiger partial charge in [0, 0.05) is 5.39 Å². The molecule has 15 heavy (non-hydrogen) atoms. The number of H-pyrrole nitrogens is 1. The molecule has 2 heterocycles. The van der Waals surface area contributed by atoms with Gasteiger partial charge in [-0.05, 0) is 12.1 Å². The van der Waals surface area contributed by atoms with Crippen molar-refractivity contribution in [1.29, 1.82) is 0 Å². The van der Waals surface area contributed by atoms with Gasteiger partial charge in [0.05, 0.1) is 23.6 Å². The third-order valence-corrected chi connectivity index (χ3v) is 2.35. The van der Waals surface area contributed by atoms with Gasteiger partial charge in [0.15, 0.2) is 5.58 Å². The zero-order valence-corrected chi connectivity index (χ0v) is 7.52. The van der Waals surface area contributed by atoms with Gasteiger partial charge in [-0.3, -0.25) is 0 Å². The predicted molar refractivity (Wildman–Crippen MR) is 52.8 cm³/mol. The van der Waals surface area contributed by atoms with Crippen LogP contribution in [0.2, 0.25) is 0 Å². The Morgan fingerprint density at radius 2 is 2.40 bits per heavy atom. The van der Waals surface area contributed by atoms with Gasteiger partial charge < -0.3 is 14.5 Å². The van der Waals surface area contributed by atoms with Crippen LogP contribution in [0.15, 0.2) is 29.1 Å². The van der Waals surface area contributed by atoms with E-state index < -0.39 is 5.97 Å². The summed E-state index contributed by atoms with van der Waals surface area (Å²) in [5.74, 6) is -1.01. The fourth-order valence-electron chi connectivity index (χ4n) is 1.70. The minimum Gasteiger partial charge on any atom is -0.478 e. The highest BCUT2D eigenvalue weighted by molar-refractivity contribution is 6.11. The van der Waals surface area contributed by atoms with Crippen molar-refractivity contribution in [3.8, 4) is 0 Å². The zero-order valence-electron chi connectivity index (χ0n) is 7.52. The largest absolute Gasteiger partial charge is 0.478 e. The van der Waals surface area contributed by atoms with Gasteiger partial charge >= 0.3 is 5.97 Å². The first-order valence-electron chi connectivity index (χ1n) is 4.34. The number of carbonyl (C=O) groups is 1. The fourth-order valence-corrected chi connectivity index (χ4v) is 1.70.